The Balaban J connectivity index is 1.33. The third kappa shape index (κ3) is 5.02. The lowest BCUT2D eigenvalue weighted by Crippen LogP contribution is -2.20. The Morgan fingerprint density at radius 3 is 2.29 bits per heavy atom. The average Bonchev–Trinajstić information content (AvgIpc) is 3.29. The van der Waals surface area contributed by atoms with E-state index in [4.69, 9.17) is 9.26 Å². The summed E-state index contributed by atoms with van der Waals surface area (Å²) in [5, 5.41) is 6.74. The van der Waals surface area contributed by atoms with Crippen molar-refractivity contribution in [1.29, 1.82) is 0 Å². The molecular formula is C24H19N3O4. The van der Waals surface area contributed by atoms with Gasteiger partial charge in [0.1, 0.15) is 5.75 Å². The van der Waals surface area contributed by atoms with Crippen LogP contribution in [0.3, 0.4) is 0 Å². The molecule has 7 nitrogen and oxygen atoms in total. The number of ketones is 1. The maximum Gasteiger partial charge on any atom is 0.262 e. The van der Waals surface area contributed by atoms with E-state index in [2.05, 4.69) is 15.5 Å². The first-order valence-corrected chi connectivity index (χ1v) is 9.62. The zero-order valence-corrected chi connectivity index (χ0v) is 16.7. The molecule has 1 amide bonds. The van der Waals surface area contributed by atoms with E-state index in [0.717, 1.165) is 11.1 Å². The number of benzene rings is 3. The minimum absolute atomic E-state index is 0.0264. The molecule has 0 aliphatic carbocycles. The van der Waals surface area contributed by atoms with Gasteiger partial charge in [0.15, 0.2) is 12.4 Å². The van der Waals surface area contributed by atoms with Crippen molar-refractivity contribution in [3.05, 3.63) is 84.4 Å². The molecule has 154 valence electrons. The topological polar surface area (TPSA) is 94.3 Å². The second-order valence-corrected chi connectivity index (χ2v) is 6.78. The van der Waals surface area contributed by atoms with Crippen LogP contribution in [0.4, 0.5) is 5.69 Å². The molecule has 4 rings (SSSR count). The van der Waals surface area contributed by atoms with Crippen LogP contribution in [0, 0.1) is 0 Å². The van der Waals surface area contributed by atoms with Crippen molar-refractivity contribution < 1.29 is 18.8 Å². The van der Waals surface area contributed by atoms with Crippen LogP contribution in [0.15, 0.2) is 83.4 Å². The number of nitrogens with zero attached hydrogens (tertiary/aromatic N) is 2. The summed E-state index contributed by atoms with van der Waals surface area (Å²) in [6.07, 6.45) is 0. The molecule has 0 saturated heterocycles. The Bertz CT molecular complexity index is 1180. The lowest BCUT2D eigenvalue weighted by molar-refractivity contribution is -0.118. The number of ether oxygens (including phenoxy) is 1. The van der Waals surface area contributed by atoms with Gasteiger partial charge in [-0.15, -0.1) is 0 Å². The number of aromatic nitrogens is 2. The quantitative estimate of drug-likeness (QED) is 0.444. The molecule has 0 unspecified atom stereocenters. The summed E-state index contributed by atoms with van der Waals surface area (Å²) in [7, 11) is 0. The van der Waals surface area contributed by atoms with Crippen LogP contribution in [0.5, 0.6) is 5.75 Å². The predicted octanol–water partition coefficient (Wildman–Crippen LogP) is 4.62. The van der Waals surface area contributed by atoms with Crippen LogP contribution >= 0.6 is 0 Å². The summed E-state index contributed by atoms with van der Waals surface area (Å²) in [5.74, 6) is 1.13. The fourth-order valence-corrected chi connectivity index (χ4v) is 2.87. The maximum atomic E-state index is 12.1. The van der Waals surface area contributed by atoms with Gasteiger partial charge in [0.25, 0.3) is 11.8 Å². The number of Topliss-reactive ketones (excluding diaryl/α,β-unsaturated/α-hetero) is 1. The zero-order valence-electron chi connectivity index (χ0n) is 16.7. The Morgan fingerprint density at radius 2 is 1.61 bits per heavy atom. The molecule has 0 spiro atoms. The first-order valence-electron chi connectivity index (χ1n) is 9.62. The first kappa shape index (κ1) is 20.0. The number of hydrogen-bond donors (Lipinski definition) is 1. The highest BCUT2D eigenvalue weighted by Gasteiger charge is 2.11. The summed E-state index contributed by atoms with van der Waals surface area (Å²) in [6.45, 7) is 1.35. The molecule has 1 N–H and O–H groups in total. The van der Waals surface area contributed by atoms with Crippen molar-refractivity contribution in [1.82, 2.24) is 10.1 Å². The van der Waals surface area contributed by atoms with Crippen LogP contribution in [0.25, 0.3) is 22.8 Å². The second-order valence-electron chi connectivity index (χ2n) is 6.78. The number of carbonyl (C=O) groups excluding carboxylic acids is 2. The Kier molecular flexibility index (Phi) is 5.84. The Morgan fingerprint density at radius 1 is 0.903 bits per heavy atom. The van der Waals surface area contributed by atoms with Gasteiger partial charge in [-0.3, -0.25) is 9.59 Å². The van der Waals surface area contributed by atoms with Gasteiger partial charge in [-0.05, 0) is 55.5 Å². The standard InChI is InChI=1S/C24H19N3O4/c1-16(28)17-7-11-20(12-8-17)25-22(29)15-30-21-13-9-19(10-14-21)24-26-23(27-31-24)18-5-3-2-4-6-18/h2-14H,15H2,1H3,(H,25,29). The van der Waals surface area contributed by atoms with Gasteiger partial charge < -0.3 is 14.6 Å². The number of anilines is 1. The molecule has 1 aromatic heterocycles. The molecule has 0 bridgehead atoms. The van der Waals surface area contributed by atoms with Crippen molar-refractivity contribution in [3.63, 3.8) is 0 Å². The minimum atomic E-state index is -0.302. The average molecular weight is 413 g/mol. The molecule has 0 radical (unpaired) electrons. The summed E-state index contributed by atoms with van der Waals surface area (Å²) in [4.78, 5) is 27.8. The third-order valence-electron chi connectivity index (χ3n) is 4.50. The molecule has 31 heavy (non-hydrogen) atoms. The number of rotatable bonds is 7. The second kappa shape index (κ2) is 9.04. The minimum Gasteiger partial charge on any atom is -0.484 e. The molecule has 0 fully saturated rings. The molecule has 4 aromatic rings. The molecular weight excluding hydrogens is 394 g/mol. The molecule has 0 saturated carbocycles. The zero-order chi connectivity index (χ0) is 21.6. The van der Waals surface area contributed by atoms with Crippen molar-refractivity contribution >= 4 is 17.4 Å². The Labute approximate surface area is 178 Å². The van der Waals surface area contributed by atoms with Gasteiger partial charge in [-0.2, -0.15) is 4.98 Å². The SMILES string of the molecule is CC(=O)c1ccc(NC(=O)COc2ccc(-c3nc(-c4ccccc4)no3)cc2)cc1. The highest BCUT2D eigenvalue weighted by Crippen LogP contribution is 2.24. The normalized spacial score (nSPS) is 10.5. The van der Waals surface area contributed by atoms with E-state index in [1.807, 2.05) is 30.3 Å². The highest BCUT2D eigenvalue weighted by molar-refractivity contribution is 5.95. The molecule has 1 heterocycles. The molecule has 7 heteroatoms. The van der Waals surface area contributed by atoms with Gasteiger partial charge in [0, 0.05) is 22.4 Å². The van der Waals surface area contributed by atoms with Gasteiger partial charge in [0.05, 0.1) is 0 Å². The van der Waals surface area contributed by atoms with Gasteiger partial charge in [-0.25, -0.2) is 0 Å². The van der Waals surface area contributed by atoms with E-state index in [0.29, 0.717) is 28.7 Å². The van der Waals surface area contributed by atoms with Crippen LogP contribution < -0.4 is 10.1 Å². The summed E-state index contributed by atoms with van der Waals surface area (Å²) < 4.78 is 10.9. The van der Waals surface area contributed by atoms with Crippen LogP contribution in [0.2, 0.25) is 0 Å². The predicted molar refractivity (Wildman–Crippen MR) is 116 cm³/mol. The molecule has 0 aliphatic rings. The smallest absolute Gasteiger partial charge is 0.262 e. The van der Waals surface area contributed by atoms with Gasteiger partial charge in [-0.1, -0.05) is 35.5 Å². The number of nitrogens with one attached hydrogen (secondary N) is 1. The third-order valence-corrected chi connectivity index (χ3v) is 4.50. The number of carbonyl (C=O) groups is 2. The number of hydrogen-bond acceptors (Lipinski definition) is 6. The summed E-state index contributed by atoms with van der Waals surface area (Å²) in [6, 6.07) is 23.3. The highest BCUT2D eigenvalue weighted by atomic mass is 16.5. The monoisotopic (exact) mass is 413 g/mol. The lowest BCUT2D eigenvalue weighted by Gasteiger charge is -2.08. The van der Waals surface area contributed by atoms with E-state index in [1.54, 1.807) is 48.5 Å². The van der Waals surface area contributed by atoms with E-state index in [9.17, 15) is 9.59 Å². The molecule has 0 atom stereocenters. The van der Waals surface area contributed by atoms with E-state index < -0.39 is 0 Å². The lowest BCUT2D eigenvalue weighted by atomic mass is 10.1. The first-order chi connectivity index (χ1) is 15.1. The van der Waals surface area contributed by atoms with E-state index in [-0.39, 0.29) is 18.3 Å². The maximum absolute atomic E-state index is 12.1. The van der Waals surface area contributed by atoms with E-state index in [1.165, 1.54) is 6.92 Å². The van der Waals surface area contributed by atoms with Crippen molar-refractivity contribution in [3.8, 4) is 28.6 Å². The molecule has 0 aliphatic heterocycles. The van der Waals surface area contributed by atoms with Crippen molar-refractivity contribution in [2.45, 2.75) is 6.92 Å². The largest absolute Gasteiger partial charge is 0.484 e. The van der Waals surface area contributed by atoms with Crippen LogP contribution in [-0.2, 0) is 4.79 Å². The van der Waals surface area contributed by atoms with Crippen molar-refractivity contribution in [2.24, 2.45) is 0 Å². The van der Waals surface area contributed by atoms with E-state index >= 15 is 0 Å². The fraction of sp³-hybridized carbons (Fsp3) is 0.0833. The summed E-state index contributed by atoms with van der Waals surface area (Å²) in [5.41, 5.74) is 2.81. The summed E-state index contributed by atoms with van der Waals surface area (Å²) >= 11 is 0. The molecule has 3 aromatic carbocycles. The van der Waals surface area contributed by atoms with Gasteiger partial charge >= 0.3 is 0 Å². The Hall–Kier alpha value is -4.26. The van der Waals surface area contributed by atoms with Crippen LogP contribution in [-0.4, -0.2) is 28.4 Å². The van der Waals surface area contributed by atoms with Crippen molar-refractivity contribution in [2.75, 3.05) is 11.9 Å². The fourth-order valence-electron chi connectivity index (χ4n) is 2.87. The van der Waals surface area contributed by atoms with Crippen LogP contribution in [0.1, 0.15) is 17.3 Å². The number of amides is 1. The van der Waals surface area contributed by atoms with Gasteiger partial charge in [0.2, 0.25) is 5.82 Å².